The number of para-hydroxylation sites is 1. The fourth-order valence-electron chi connectivity index (χ4n) is 2.46. The van der Waals surface area contributed by atoms with Crippen molar-refractivity contribution in [1.82, 2.24) is 0 Å². The van der Waals surface area contributed by atoms with E-state index in [9.17, 15) is 9.59 Å². The normalized spacial score (nSPS) is 15.5. The van der Waals surface area contributed by atoms with Crippen LogP contribution in [-0.2, 0) is 4.79 Å². The van der Waals surface area contributed by atoms with Gasteiger partial charge in [0.05, 0.1) is 19.9 Å². The Morgan fingerprint density at radius 3 is 2.48 bits per heavy atom. The Bertz CT molecular complexity index is 812. The van der Waals surface area contributed by atoms with Crippen LogP contribution in [0.2, 0.25) is 0 Å². The van der Waals surface area contributed by atoms with E-state index in [2.05, 4.69) is 10.6 Å². The third-order valence-electron chi connectivity index (χ3n) is 3.81. The van der Waals surface area contributed by atoms with Crippen molar-refractivity contribution >= 4 is 23.2 Å². The molecule has 1 atom stereocenters. The molecule has 0 aliphatic carbocycles. The SMILES string of the molecule is COc1cc(OC)cc(C(=O)Nc2cccc3c2NC(=O)C(C)O3)c1. The van der Waals surface area contributed by atoms with E-state index in [1.807, 2.05) is 0 Å². The Labute approximate surface area is 144 Å². The number of hydrogen-bond donors (Lipinski definition) is 2. The van der Waals surface area contributed by atoms with Gasteiger partial charge in [-0.25, -0.2) is 0 Å². The molecule has 1 aliphatic heterocycles. The summed E-state index contributed by atoms with van der Waals surface area (Å²) in [7, 11) is 3.02. The number of hydrogen-bond acceptors (Lipinski definition) is 5. The summed E-state index contributed by atoms with van der Waals surface area (Å²) in [5, 5.41) is 5.53. The topological polar surface area (TPSA) is 85.9 Å². The van der Waals surface area contributed by atoms with Gasteiger partial charge in [0.25, 0.3) is 11.8 Å². The summed E-state index contributed by atoms with van der Waals surface area (Å²) >= 11 is 0. The highest BCUT2D eigenvalue weighted by Crippen LogP contribution is 2.36. The van der Waals surface area contributed by atoms with E-state index < -0.39 is 6.10 Å². The van der Waals surface area contributed by atoms with E-state index in [4.69, 9.17) is 14.2 Å². The van der Waals surface area contributed by atoms with E-state index in [1.54, 1.807) is 43.3 Å². The maximum Gasteiger partial charge on any atom is 0.265 e. The molecule has 7 nitrogen and oxygen atoms in total. The Morgan fingerprint density at radius 1 is 1.16 bits per heavy atom. The molecule has 1 unspecified atom stereocenters. The summed E-state index contributed by atoms with van der Waals surface area (Å²) in [6, 6.07) is 10.0. The molecule has 1 heterocycles. The minimum absolute atomic E-state index is 0.266. The average Bonchev–Trinajstić information content (AvgIpc) is 2.62. The number of benzene rings is 2. The molecule has 0 saturated carbocycles. The molecular weight excluding hydrogens is 324 g/mol. The summed E-state index contributed by atoms with van der Waals surface area (Å²) < 4.78 is 15.9. The lowest BCUT2D eigenvalue weighted by Crippen LogP contribution is -2.34. The smallest absolute Gasteiger partial charge is 0.265 e. The quantitative estimate of drug-likeness (QED) is 0.892. The zero-order chi connectivity index (χ0) is 18.0. The monoisotopic (exact) mass is 342 g/mol. The van der Waals surface area contributed by atoms with Gasteiger partial charge in [-0.1, -0.05) is 6.07 Å². The molecule has 7 heteroatoms. The predicted octanol–water partition coefficient (Wildman–Crippen LogP) is 2.68. The first kappa shape index (κ1) is 16.6. The fourth-order valence-corrected chi connectivity index (χ4v) is 2.46. The Kier molecular flexibility index (Phi) is 4.47. The molecule has 3 rings (SSSR count). The van der Waals surface area contributed by atoms with Gasteiger partial charge in [0.1, 0.15) is 22.9 Å². The lowest BCUT2D eigenvalue weighted by Gasteiger charge is -2.25. The fraction of sp³-hybridized carbons (Fsp3) is 0.222. The second-order valence-corrected chi connectivity index (χ2v) is 5.48. The summed E-state index contributed by atoms with van der Waals surface area (Å²) in [6.45, 7) is 1.66. The van der Waals surface area contributed by atoms with Gasteiger partial charge in [0.15, 0.2) is 6.10 Å². The van der Waals surface area contributed by atoms with E-state index in [-0.39, 0.29) is 11.8 Å². The Balaban J connectivity index is 1.90. The van der Waals surface area contributed by atoms with E-state index in [0.717, 1.165) is 0 Å². The van der Waals surface area contributed by atoms with Gasteiger partial charge in [0.2, 0.25) is 0 Å². The van der Waals surface area contributed by atoms with Gasteiger partial charge in [-0.15, -0.1) is 0 Å². The molecule has 25 heavy (non-hydrogen) atoms. The van der Waals surface area contributed by atoms with Crippen molar-refractivity contribution in [1.29, 1.82) is 0 Å². The number of anilines is 2. The maximum absolute atomic E-state index is 12.6. The van der Waals surface area contributed by atoms with Crippen molar-refractivity contribution in [3.63, 3.8) is 0 Å². The van der Waals surface area contributed by atoms with E-state index >= 15 is 0 Å². The van der Waals surface area contributed by atoms with Gasteiger partial charge in [-0.05, 0) is 31.2 Å². The maximum atomic E-state index is 12.6. The van der Waals surface area contributed by atoms with Crippen molar-refractivity contribution in [2.75, 3.05) is 24.9 Å². The molecule has 2 amide bonds. The van der Waals surface area contributed by atoms with Crippen molar-refractivity contribution in [3.05, 3.63) is 42.0 Å². The number of carbonyl (C=O) groups excluding carboxylic acids is 2. The molecule has 2 N–H and O–H groups in total. The summed E-state index contributed by atoms with van der Waals surface area (Å²) in [5.74, 6) is 0.888. The molecule has 0 saturated heterocycles. The highest BCUT2D eigenvalue weighted by molar-refractivity contribution is 6.09. The highest BCUT2D eigenvalue weighted by atomic mass is 16.5. The molecule has 130 valence electrons. The van der Waals surface area contributed by atoms with Crippen LogP contribution >= 0.6 is 0 Å². The van der Waals surface area contributed by atoms with Crippen LogP contribution in [0.5, 0.6) is 17.2 Å². The molecule has 0 aromatic heterocycles. The van der Waals surface area contributed by atoms with Crippen LogP contribution in [0.1, 0.15) is 17.3 Å². The first-order valence-electron chi connectivity index (χ1n) is 7.66. The molecule has 2 aromatic carbocycles. The second-order valence-electron chi connectivity index (χ2n) is 5.48. The first-order valence-corrected chi connectivity index (χ1v) is 7.66. The minimum Gasteiger partial charge on any atom is -0.497 e. The number of ether oxygens (including phenoxy) is 3. The van der Waals surface area contributed by atoms with Gasteiger partial charge in [-0.2, -0.15) is 0 Å². The van der Waals surface area contributed by atoms with Crippen LogP contribution in [-0.4, -0.2) is 32.1 Å². The van der Waals surface area contributed by atoms with Gasteiger partial charge < -0.3 is 24.8 Å². The van der Waals surface area contributed by atoms with Crippen LogP contribution in [0.4, 0.5) is 11.4 Å². The second kappa shape index (κ2) is 6.72. The third-order valence-corrected chi connectivity index (χ3v) is 3.81. The molecule has 0 fully saturated rings. The lowest BCUT2D eigenvalue weighted by atomic mass is 10.1. The van der Waals surface area contributed by atoms with Crippen molar-refractivity contribution in [3.8, 4) is 17.2 Å². The summed E-state index contributed by atoms with van der Waals surface area (Å²) in [5.41, 5.74) is 1.25. The van der Waals surface area contributed by atoms with Crippen LogP contribution < -0.4 is 24.8 Å². The Hall–Kier alpha value is -3.22. The number of carbonyl (C=O) groups is 2. The number of amides is 2. The minimum atomic E-state index is -0.582. The summed E-state index contributed by atoms with van der Waals surface area (Å²) in [6.07, 6.45) is -0.582. The molecule has 0 spiro atoms. The van der Waals surface area contributed by atoms with Gasteiger partial charge in [0, 0.05) is 11.6 Å². The number of rotatable bonds is 4. The number of fused-ring (bicyclic) bond motifs is 1. The molecule has 1 aliphatic rings. The zero-order valence-corrected chi connectivity index (χ0v) is 14.1. The lowest BCUT2D eigenvalue weighted by molar-refractivity contribution is -0.122. The van der Waals surface area contributed by atoms with Crippen LogP contribution in [0, 0.1) is 0 Å². The van der Waals surface area contributed by atoms with Crippen LogP contribution in [0.3, 0.4) is 0 Å². The van der Waals surface area contributed by atoms with Crippen molar-refractivity contribution in [2.45, 2.75) is 13.0 Å². The Morgan fingerprint density at radius 2 is 1.84 bits per heavy atom. The number of methoxy groups -OCH3 is 2. The highest BCUT2D eigenvalue weighted by Gasteiger charge is 2.26. The van der Waals surface area contributed by atoms with Crippen molar-refractivity contribution < 1.29 is 23.8 Å². The third kappa shape index (κ3) is 3.35. The van der Waals surface area contributed by atoms with E-state index in [1.165, 1.54) is 14.2 Å². The molecule has 0 bridgehead atoms. The van der Waals surface area contributed by atoms with E-state index in [0.29, 0.717) is 34.2 Å². The van der Waals surface area contributed by atoms with Crippen molar-refractivity contribution in [2.24, 2.45) is 0 Å². The average molecular weight is 342 g/mol. The molecule has 0 radical (unpaired) electrons. The van der Waals surface area contributed by atoms with Crippen LogP contribution in [0.25, 0.3) is 0 Å². The molecule has 2 aromatic rings. The molecular formula is C18H18N2O5. The summed E-state index contributed by atoms with van der Waals surface area (Å²) in [4.78, 5) is 24.5. The standard InChI is InChI=1S/C18H18N2O5/c1-10-17(21)20-16-14(5-4-6-15(16)25-10)19-18(22)11-7-12(23-2)9-13(8-11)24-3/h4-10H,1-3H3,(H,19,22)(H,20,21). The number of nitrogens with one attached hydrogen (secondary N) is 2. The van der Waals surface area contributed by atoms with Crippen LogP contribution in [0.15, 0.2) is 36.4 Å². The van der Waals surface area contributed by atoms with Gasteiger partial charge >= 0.3 is 0 Å². The zero-order valence-electron chi connectivity index (χ0n) is 14.1. The largest absolute Gasteiger partial charge is 0.497 e. The van der Waals surface area contributed by atoms with Gasteiger partial charge in [-0.3, -0.25) is 9.59 Å². The predicted molar refractivity (Wildman–Crippen MR) is 92.7 cm³/mol. The first-order chi connectivity index (χ1) is 12.0.